The van der Waals surface area contributed by atoms with Gasteiger partial charge in [-0.2, -0.15) is 0 Å². The van der Waals surface area contributed by atoms with Crippen molar-refractivity contribution in [3.8, 4) is 24.7 Å². The lowest BCUT2D eigenvalue weighted by atomic mass is 10.2. The fourth-order valence-electron chi connectivity index (χ4n) is 0.600. The Labute approximate surface area is 67.4 Å². The Bertz CT molecular complexity index is 207. The van der Waals surface area contributed by atoms with Gasteiger partial charge in [0, 0.05) is 0 Å². The lowest BCUT2D eigenvalue weighted by molar-refractivity contribution is -0.120. The number of terminal acetylenes is 2. The molecule has 1 amide bonds. The van der Waals surface area contributed by atoms with Crippen LogP contribution in [-0.4, -0.2) is 11.9 Å². The van der Waals surface area contributed by atoms with Crippen molar-refractivity contribution in [2.75, 3.05) is 0 Å². The highest BCUT2D eigenvalue weighted by atomic mass is 16.1. The Kier molecular flexibility index (Phi) is 4.69. The van der Waals surface area contributed by atoms with Gasteiger partial charge in [-0.1, -0.05) is 18.8 Å². The van der Waals surface area contributed by atoms with Crippen LogP contribution in [0.4, 0.5) is 0 Å². The third-order valence-electron chi connectivity index (χ3n) is 1.21. The van der Waals surface area contributed by atoms with Crippen LogP contribution in [-0.2, 0) is 4.79 Å². The first kappa shape index (κ1) is 9.59. The second-order valence-corrected chi connectivity index (χ2v) is 2.08. The summed E-state index contributed by atoms with van der Waals surface area (Å²) in [4.78, 5) is 10.8. The third-order valence-corrected chi connectivity index (χ3v) is 1.21. The van der Waals surface area contributed by atoms with E-state index in [2.05, 4.69) is 17.2 Å². The predicted molar refractivity (Wildman–Crippen MR) is 44.5 cm³/mol. The molecule has 0 rings (SSSR count). The molecule has 0 fully saturated rings. The van der Waals surface area contributed by atoms with Crippen molar-refractivity contribution in [2.24, 2.45) is 0 Å². The van der Waals surface area contributed by atoms with Crippen LogP contribution < -0.4 is 5.32 Å². The molecule has 0 bridgehead atoms. The van der Waals surface area contributed by atoms with Crippen molar-refractivity contribution < 1.29 is 4.79 Å². The van der Waals surface area contributed by atoms with Crippen LogP contribution in [0, 0.1) is 24.7 Å². The van der Waals surface area contributed by atoms with Crippen LogP contribution in [0.2, 0.25) is 0 Å². The molecule has 0 spiro atoms. The lowest BCUT2D eigenvalue weighted by Gasteiger charge is -2.08. The minimum absolute atomic E-state index is 0.0954. The summed E-state index contributed by atoms with van der Waals surface area (Å²) in [7, 11) is 0. The summed E-state index contributed by atoms with van der Waals surface area (Å²) in [6.07, 6.45) is 10.9. The van der Waals surface area contributed by atoms with E-state index in [9.17, 15) is 4.79 Å². The molecule has 11 heavy (non-hydrogen) atoms. The van der Waals surface area contributed by atoms with Gasteiger partial charge in [0.25, 0.3) is 0 Å². The topological polar surface area (TPSA) is 29.1 Å². The summed E-state index contributed by atoms with van der Waals surface area (Å²) >= 11 is 0. The van der Waals surface area contributed by atoms with E-state index in [1.54, 1.807) is 0 Å². The van der Waals surface area contributed by atoms with Gasteiger partial charge in [0.1, 0.15) is 0 Å². The minimum Gasteiger partial charge on any atom is -0.342 e. The van der Waals surface area contributed by atoms with Crippen LogP contribution in [0.3, 0.4) is 0 Å². The first-order valence-electron chi connectivity index (χ1n) is 3.43. The van der Waals surface area contributed by atoms with Crippen LogP contribution >= 0.6 is 0 Å². The molecule has 0 aliphatic rings. The summed E-state index contributed by atoms with van der Waals surface area (Å²) in [5.41, 5.74) is 0. The van der Waals surface area contributed by atoms with Gasteiger partial charge in [0.15, 0.2) is 0 Å². The number of rotatable bonds is 3. The first-order valence-corrected chi connectivity index (χ1v) is 3.43. The highest BCUT2D eigenvalue weighted by Gasteiger charge is 2.04. The molecule has 0 heterocycles. The highest BCUT2D eigenvalue weighted by molar-refractivity contribution is 5.78. The Balaban J connectivity index is 3.76. The number of carbonyl (C=O) groups is 1. The minimum atomic E-state index is -0.184. The van der Waals surface area contributed by atoms with E-state index in [0.717, 1.165) is 6.42 Å². The van der Waals surface area contributed by atoms with Gasteiger partial charge in [-0.15, -0.1) is 12.8 Å². The molecule has 1 N–H and O–H groups in total. The summed E-state index contributed by atoms with van der Waals surface area (Å²) in [5, 5.41) is 2.60. The molecule has 58 valence electrons. The third kappa shape index (κ3) is 4.06. The van der Waals surface area contributed by atoms with Crippen LogP contribution in [0.25, 0.3) is 0 Å². The predicted octanol–water partition coefficient (Wildman–Crippen LogP) is 0.538. The van der Waals surface area contributed by atoms with E-state index in [0.29, 0.717) is 0 Å². The maximum atomic E-state index is 10.8. The first-order chi connectivity index (χ1) is 5.24. The fourth-order valence-corrected chi connectivity index (χ4v) is 0.600. The molecule has 2 heteroatoms. The molecule has 0 aromatic carbocycles. The largest absolute Gasteiger partial charge is 0.342 e. The SMILES string of the molecule is C#CCC(=O)NC(C#C)CC. The molecule has 0 radical (unpaired) electrons. The molecular formula is C9H11NO. The average Bonchev–Trinajstić information content (AvgIpc) is 2.01. The average molecular weight is 149 g/mol. The van der Waals surface area contributed by atoms with Crippen molar-refractivity contribution in [2.45, 2.75) is 25.8 Å². The molecule has 1 unspecified atom stereocenters. The van der Waals surface area contributed by atoms with E-state index < -0.39 is 0 Å². The van der Waals surface area contributed by atoms with Crippen molar-refractivity contribution in [3.05, 3.63) is 0 Å². The maximum absolute atomic E-state index is 10.8. The monoisotopic (exact) mass is 149 g/mol. The summed E-state index contributed by atoms with van der Waals surface area (Å²) in [6.45, 7) is 1.90. The second kappa shape index (κ2) is 5.38. The molecule has 1 atom stereocenters. The van der Waals surface area contributed by atoms with E-state index in [1.807, 2.05) is 6.92 Å². The van der Waals surface area contributed by atoms with Gasteiger partial charge >= 0.3 is 0 Å². The van der Waals surface area contributed by atoms with Crippen LogP contribution in [0.15, 0.2) is 0 Å². The number of hydrogen-bond acceptors (Lipinski definition) is 1. The Morgan fingerprint density at radius 3 is 2.64 bits per heavy atom. The zero-order valence-electron chi connectivity index (χ0n) is 6.55. The van der Waals surface area contributed by atoms with Crippen molar-refractivity contribution >= 4 is 5.91 Å². The van der Waals surface area contributed by atoms with Gasteiger partial charge < -0.3 is 5.32 Å². The number of carbonyl (C=O) groups excluding carboxylic acids is 1. The zero-order valence-corrected chi connectivity index (χ0v) is 6.55. The fraction of sp³-hybridized carbons (Fsp3) is 0.444. The molecule has 0 aromatic heterocycles. The molecule has 0 aliphatic heterocycles. The van der Waals surface area contributed by atoms with E-state index in [4.69, 9.17) is 12.8 Å². The smallest absolute Gasteiger partial charge is 0.232 e. The van der Waals surface area contributed by atoms with Gasteiger partial charge in [-0.25, -0.2) is 0 Å². The molecule has 0 saturated heterocycles. The van der Waals surface area contributed by atoms with Gasteiger partial charge in [-0.05, 0) is 6.42 Å². The quantitative estimate of drug-likeness (QED) is 0.583. The van der Waals surface area contributed by atoms with Crippen molar-refractivity contribution in [3.63, 3.8) is 0 Å². The highest BCUT2D eigenvalue weighted by Crippen LogP contribution is 1.88. The Hall–Kier alpha value is -1.41. The van der Waals surface area contributed by atoms with Crippen LogP contribution in [0.1, 0.15) is 19.8 Å². The molecule has 0 aromatic rings. The van der Waals surface area contributed by atoms with Crippen molar-refractivity contribution in [1.82, 2.24) is 5.32 Å². The Morgan fingerprint density at radius 1 is 1.64 bits per heavy atom. The van der Waals surface area contributed by atoms with Gasteiger partial charge in [0.2, 0.25) is 5.91 Å². The lowest BCUT2D eigenvalue weighted by Crippen LogP contribution is -2.32. The number of nitrogens with one attached hydrogen (secondary N) is 1. The van der Waals surface area contributed by atoms with Gasteiger partial charge in [0.05, 0.1) is 12.5 Å². The standard InChI is InChI=1S/C9H11NO/c1-4-7-9(11)10-8(5-2)6-3/h1-2,8H,6-7H2,3H3,(H,10,11). The zero-order chi connectivity index (χ0) is 8.69. The molecule has 0 aliphatic carbocycles. The summed E-state index contributed by atoms with van der Waals surface area (Å²) in [6, 6.07) is -0.184. The molecule has 2 nitrogen and oxygen atoms in total. The summed E-state index contributed by atoms with van der Waals surface area (Å²) < 4.78 is 0. The second-order valence-electron chi connectivity index (χ2n) is 2.08. The van der Waals surface area contributed by atoms with E-state index in [1.165, 1.54) is 0 Å². The van der Waals surface area contributed by atoms with E-state index >= 15 is 0 Å². The normalized spacial score (nSPS) is 10.8. The maximum Gasteiger partial charge on any atom is 0.232 e. The Morgan fingerprint density at radius 2 is 2.27 bits per heavy atom. The molecular weight excluding hydrogens is 138 g/mol. The number of hydrogen-bond donors (Lipinski definition) is 1. The van der Waals surface area contributed by atoms with Gasteiger partial charge in [-0.3, -0.25) is 4.79 Å². The summed E-state index contributed by atoms with van der Waals surface area (Å²) in [5.74, 6) is 4.50. The van der Waals surface area contributed by atoms with Crippen molar-refractivity contribution in [1.29, 1.82) is 0 Å². The number of amides is 1. The molecule has 0 saturated carbocycles. The van der Waals surface area contributed by atoms with E-state index in [-0.39, 0.29) is 18.4 Å². The van der Waals surface area contributed by atoms with Crippen LogP contribution in [0.5, 0.6) is 0 Å².